The number of rotatable bonds is 5. The first-order valence-corrected chi connectivity index (χ1v) is 6.89. The second-order valence-electron chi connectivity index (χ2n) is 5.41. The Morgan fingerprint density at radius 2 is 2.06 bits per heavy atom. The van der Waals surface area contributed by atoms with Gasteiger partial charge in [0.1, 0.15) is 0 Å². The molecule has 1 fully saturated rings. The number of benzene rings is 1. The van der Waals surface area contributed by atoms with Crippen molar-refractivity contribution in [3.05, 3.63) is 35.9 Å². The lowest BCUT2D eigenvalue weighted by Crippen LogP contribution is -2.51. The Balaban J connectivity index is 1.91. The average Bonchev–Trinajstić information content (AvgIpc) is 2.39. The molecule has 1 unspecified atom stereocenters. The predicted molar refractivity (Wildman–Crippen MR) is 76.7 cm³/mol. The summed E-state index contributed by atoms with van der Waals surface area (Å²) in [6, 6.07) is 11.5. The van der Waals surface area contributed by atoms with Crippen LogP contribution in [-0.4, -0.2) is 56.1 Å². The smallest absolute Gasteiger partial charge is 0.0237 e. The van der Waals surface area contributed by atoms with Gasteiger partial charge in [0.2, 0.25) is 0 Å². The monoisotopic (exact) mass is 247 g/mol. The minimum atomic E-state index is 0.668. The molecule has 0 radical (unpaired) electrons. The molecule has 1 aromatic carbocycles. The maximum atomic E-state index is 3.51. The van der Waals surface area contributed by atoms with Crippen LogP contribution < -0.4 is 5.32 Å². The number of hydrogen-bond acceptors (Lipinski definition) is 3. The van der Waals surface area contributed by atoms with Crippen molar-refractivity contribution in [3.63, 3.8) is 0 Å². The molecule has 0 aliphatic carbocycles. The van der Waals surface area contributed by atoms with Crippen molar-refractivity contribution >= 4 is 0 Å². The molecule has 2 rings (SSSR count). The first-order chi connectivity index (χ1) is 8.75. The molecule has 3 nitrogen and oxygen atoms in total. The largest absolute Gasteiger partial charge is 0.314 e. The van der Waals surface area contributed by atoms with E-state index in [1.165, 1.54) is 12.0 Å². The molecular formula is C15H25N3. The molecule has 0 spiro atoms. The van der Waals surface area contributed by atoms with Crippen LogP contribution in [0.4, 0.5) is 0 Å². The van der Waals surface area contributed by atoms with E-state index in [4.69, 9.17) is 0 Å². The lowest BCUT2D eigenvalue weighted by atomic mass is 10.1. The van der Waals surface area contributed by atoms with E-state index in [1.807, 2.05) is 0 Å². The molecule has 1 aromatic rings. The van der Waals surface area contributed by atoms with Gasteiger partial charge >= 0.3 is 0 Å². The first-order valence-electron chi connectivity index (χ1n) is 6.89. The summed E-state index contributed by atoms with van der Waals surface area (Å²) in [4.78, 5) is 4.89. The zero-order chi connectivity index (χ0) is 12.8. The summed E-state index contributed by atoms with van der Waals surface area (Å²) < 4.78 is 0. The molecule has 1 aliphatic heterocycles. The number of nitrogens with one attached hydrogen (secondary N) is 1. The van der Waals surface area contributed by atoms with Gasteiger partial charge in [0.25, 0.3) is 0 Å². The third-order valence-corrected chi connectivity index (χ3v) is 3.61. The molecule has 0 aromatic heterocycles. The van der Waals surface area contributed by atoms with Crippen LogP contribution >= 0.6 is 0 Å². The van der Waals surface area contributed by atoms with Crippen LogP contribution in [0.3, 0.4) is 0 Å². The molecule has 0 amide bonds. The summed E-state index contributed by atoms with van der Waals surface area (Å²) in [7, 11) is 4.30. The van der Waals surface area contributed by atoms with Gasteiger partial charge in [0, 0.05) is 32.2 Å². The van der Waals surface area contributed by atoms with Crippen molar-refractivity contribution in [2.45, 2.75) is 19.0 Å². The minimum absolute atomic E-state index is 0.668. The molecule has 1 aliphatic rings. The number of hydrogen-bond donors (Lipinski definition) is 1. The topological polar surface area (TPSA) is 18.5 Å². The number of piperazine rings is 1. The molecule has 1 atom stereocenters. The fourth-order valence-electron chi connectivity index (χ4n) is 2.52. The lowest BCUT2D eigenvalue weighted by molar-refractivity contribution is 0.137. The summed E-state index contributed by atoms with van der Waals surface area (Å²) in [5, 5.41) is 3.51. The molecule has 1 saturated heterocycles. The van der Waals surface area contributed by atoms with Gasteiger partial charge in [-0.25, -0.2) is 0 Å². The van der Waals surface area contributed by atoms with Gasteiger partial charge in [-0.1, -0.05) is 30.3 Å². The summed E-state index contributed by atoms with van der Waals surface area (Å²) in [6.07, 6.45) is 1.24. The Morgan fingerprint density at radius 1 is 1.28 bits per heavy atom. The van der Waals surface area contributed by atoms with Crippen molar-refractivity contribution in [1.29, 1.82) is 0 Å². The normalized spacial score (nSPS) is 21.4. The summed E-state index contributed by atoms with van der Waals surface area (Å²) in [5.74, 6) is 0. The van der Waals surface area contributed by atoms with Crippen LogP contribution in [0.5, 0.6) is 0 Å². The van der Waals surface area contributed by atoms with E-state index >= 15 is 0 Å². The molecule has 18 heavy (non-hydrogen) atoms. The Kier molecular flexibility index (Phi) is 5.17. The zero-order valence-electron chi connectivity index (χ0n) is 11.6. The zero-order valence-corrected chi connectivity index (χ0v) is 11.6. The van der Waals surface area contributed by atoms with Crippen molar-refractivity contribution in [1.82, 2.24) is 15.1 Å². The maximum absolute atomic E-state index is 3.51. The molecule has 0 bridgehead atoms. The Hall–Kier alpha value is -0.900. The third-order valence-electron chi connectivity index (χ3n) is 3.61. The van der Waals surface area contributed by atoms with E-state index in [-0.39, 0.29) is 0 Å². The van der Waals surface area contributed by atoms with E-state index in [2.05, 4.69) is 59.5 Å². The van der Waals surface area contributed by atoms with Gasteiger partial charge < -0.3 is 10.2 Å². The summed E-state index contributed by atoms with van der Waals surface area (Å²) >= 11 is 0. The SMILES string of the molecule is CN(C)CCC1CNCCN1Cc1ccccc1. The highest BCUT2D eigenvalue weighted by atomic mass is 15.2. The Labute approximate surface area is 111 Å². The molecule has 3 heteroatoms. The van der Waals surface area contributed by atoms with Gasteiger partial charge in [0.05, 0.1) is 0 Å². The average molecular weight is 247 g/mol. The predicted octanol–water partition coefficient (Wildman–Crippen LogP) is 1.41. The van der Waals surface area contributed by atoms with E-state index in [9.17, 15) is 0 Å². The molecular weight excluding hydrogens is 222 g/mol. The van der Waals surface area contributed by atoms with Crippen LogP contribution in [0.15, 0.2) is 30.3 Å². The molecule has 1 N–H and O–H groups in total. The summed E-state index contributed by atoms with van der Waals surface area (Å²) in [5.41, 5.74) is 1.43. The standard InChI is InChI=1S/C15H25N3/c1-17(2)10-8-15-12-16-9-11-18(15)13-14-6-4-3-5-7-14/h3-7,15-16H,8-13H2,1-2H3. The van der Waals surface area contributed by atoms with E-state index < -0.39 is 0 Å². The van der Waals surface area contributed by atoms with Gasteiger partial charge in [0.15, 0.2) is 0 Å². The van der Waals surface area contributed by atoms with Crippen molar-refractivity contribution in [3.8, 4) is 0 Å². The van der Waals surface area contributed by atoms with Gasteiger partial charge in [-0.15, -0.1) is 0 Å². The third kappa shape index (κ3) is 4.09. The fraction of sp³-hybridized carbons (Fsp3) is 0.600. The second kappa shape index (κ2) is 6.88. The van der Waals surface area contributed by atoms with Crippen LogP contribution in [-0.2, 0) is 6.54 Å². The quantitative estimate of drug-likeness (QED) is 0.849. The highest BCUT2D eigenvalue weighted by molar-refractivity contribution is 5.14. The molecule has 0 saturated carbocycles. The van der Waals surface area contributed by atoms with Crippen LogP contribution in [0, 0.1) is 0 Å². The van der Waals surface area contributed by atoms with Crippen molar-refractivity contribution in [2.24, 2.45) is 0 Å². The molecule has 100 valence electrons. The minimum Gasteiger partial charge on any atom is -0.314 e. The van der Waals surface area contributed by atoms with Gasteiger partial charge in [-0.05, 0) is 32.6 Å². The Bertz CT molecular complexity index is 337. The highest BCUT2D eigenvalue weighted by Gasteiger charge is 2.21. The van der Waals surface area contributed by atoms with Crippen LogP contribution in [0.25, 0.3) is 0 Å². The van der Waals surface area contributed by atoms with E-state index in [0.29, 0.717) is 6.04 Å². The first kappa shape index (κ1) is 13.5. The van der Waals surface area contributed by atoms with Gasteiger partial charge in [-0.2, -0.15) is 0 Å². The Morgan fingerprint density at radius 3 is 2.78 bits per heavy atom. The van der Waals surface area contributed by atoms with E-state index in [0.717, 1.165) is 32.7 Å². The van der Waals surface area contributed by atoms with Crippen LogP contribution in [0.1, 0.15) is 12.0 Å². The second-order valence-corrected chi connectivity index (χ2v) is 5.41. The highest BCUT2D eigenvalue weighted by Crippen LogP contribution is 2.12. The van der Waals surface area contributed by atoms with E-state index in [1.54, 1.807) is 0 Å². The number of nitrogens with zero attached hydrogens (tertiary/aromatic N) is 2. The van der Waals surface area contributed by atoms with Crippen molar-refractivity contribution < 1.29 is 0 Å². The van der Waals surface area contributed by atoms with Crippen LogP contribution in [0.2, 0.25) is 0 Å². The van der Waals surface area contributed by atoms with Crippen molar-refractivity contribution in [2.75, 3.05) is 40.3 Å². The fourth-order valence-corrected chi connectivity index (χ4v) is 2.52. The lowest BCUT2D eigenvalue weighted by Gasteiger charge is -2.36. The molecule has 1 heterocycles. The van der Waals surface area contributed by atoms with Gasteiger partial charge in [-0.3, -0.25) is 4.90 Å². The summed E-state index contributed by atoms with van der Waals surface area (Å²) in [6.45, 7) is 5.65. The maximum Gasteiger partial charge on any atom is 0.0237 e.